The van der Waals surface area contributed by atoms with Gasteiger partial charge >= 0.3 is 16.9 Å². The van der Waals surface area contributed by atoms with Gasteiger partial charge in [-0.05, 0) is 46.9 Å². The lowest BCUT2D eigenvalue weighted by Crippen LogP contribution is -2.31. The largest absolute Gasteiger partial charge is 0.465 e. The summed E-state index contributed by atoms with van der Waals surface area (Å²) in [6.45, 7) is 1.57. The van der Waals surface area contributed by atoms with Gasteiger partial charge in [0.05, 0.1) is 47.1 Å². The van der Waals surface area contributed by atoms with Gasteiger partial charge in [-0.15, -0.1) is 0 Å². The molecule has 1 amide bonds. The Labute approximate surface area is 285 Å². The van der Waals surface area contributed by atoms with Crippen LogP contribution in [0.15, 0.2) is 99.6 Å². The molecule has 17 heteroatoms. The smallest absolute Gasteiger partial charge is 0.414 e. The zero-order valence-electron chi connectivity index (χ0n) is 26.1. The van der Waals surface area contributed by atoms with E-state index in [2.05, 4.69) is 35.7 Å². The summed E-state index contributed by atoms with van der Waals surface area (Å²) in [4.78, 5) is 33.1. The summed E-state index contributed by atoms with van der Waals surface area (Å²) in [7, 11) is -2.71. The number of esters is 1. The number of anilines is 4. The SMILES string of the molecule is CNC(=O)c1ccccc1Nc1nc(Nc2ccc(CC(=O)OCC(C)COc3no[n+]([O-])c3S(=O)(=O)c3ccccc3)cc2)ncc1Cl. The van der Waals surface area contributed by atoms with Crippen molar-refractivity contribution in [3.05, 3.63) is 106 Å². The molecule has 0 aliphatic carbocycles. The first-order chi connectivity index (χ1) is 23.5. The molecule has 15 nitrogen and oxygen atoms in total. The summed E-state index contributed by atoms with van der Waals surface area (Å²) in [5, 5.41) is 23.7. The molecule has 0 radical (unpaired) electrons. The highest BCUT2D eigenvalue weighted by Crippen LogP contribution is 2.28. The third-order valence-corrected chi connectivity index (χ3v) is 8.84. The Morgan fingerprint density at radius 2 is 1.71 bits per heavy atom. The van der Waals surface area contributed by atoms with Crippen LogP contribution in [-0.2, 0) is 25.8 Å². The molecule has 0 spiro atoms. The fourth-order valence-corrected chi connectivity index (χ4v) is 5.80. The minimum absolute atomic E-state index is 0.0109. The van der Waals surface area contributed by atoms with Crippen molar-refractivity contribution in [2.75, 3.05) is 30.9 Å². The average molecular weight is 708 g/mol. The van der Waals surface area contributed by atoms with Crippen LogP contribution >= 0.6 is 11.6 Å². The molecule has 0 bridgehead atoms. The molecule has 2 aromatic heterocycles. The van der Waals surface area contributed by atoms with Gasteiger partial charge in [-0.2, -0.15) is 4.98 Å². The average Bonchev–Trinajstić information content (AvgIpc) is 3.49. The molecule has 0 saturated heterocycles. The monoisotopic (exact) mass is 707 g/mol. The fourth-order valence-electron chi connectivity index (χ4n) is 4.37. The summed E-state index contributed by atoms with van der Waals surface area (Å²) in [6.07, 6.45) is 1.42. The third kappa shape index (κ3) is 8.60. The zero-order chi connectivity index (χ0) is 35.0. The summed E-state index contributed by atoms with van der Waals surface area (Å²) in [6, 6.07) is 21.2. The van der Waals surface area contributed by atoms with E-state index < -0.39 is 26.7 Å². The van der Waals surface area contributed by atoms with E-state index in [4.69, 9.17) is 21.1 Å². The van der Waals surface area contributed by atoms with Crippen LogP contribution in [0.25, 0.3) is 0 Å². The quantitative estimate of drug-likeness (QED) is 0.109. The van der Waals surface area contributed by atoms with E-state index in [-0.39, 0.29) is 52.2 Å². The van der Waals surface area contributed by atoms with Gasteiger partial charge in [0.25, 0.3) is 15.7 Å². The van der Waals surface area contributed by atoms with Crippen molar-refractivity contribution in [1.82, 2.24) is 20.4 Å². The van der Waals surface area contributed by atoms with E-state index in [9.17, 15) is 23.2 Å². The zero-order valence-corrected chi connectivity index (χ0v) is 27.7. The van der Waals surface area contributed by atoms with Gasteiger partial charge in [0.15, 0.2) is 5.82 Å². The highest BCUT2D eigenvalue weighted by atomic mass is 35.5. The van der Waals surface area contributed by atoms with Crippen LogP contribution in [0.4, 0.5) is 23.1 Å². The molecule has 5 rings (SSSR count). The first kappa shape index (κ1) is 34.6. The van der Waals surface area contributed by atoms with Crippen LogP contribution < -0.4 is 25.6 Å². The first-order valence-electron chi connectivity index (χ1n) is 14.7. The molecule has 3 N–H and O–H groups in total. The molecular weight excluding hydrogens is 678 g/mol. The van der Waals surface area contributed by atoms with Crippen molar-refractivity contribution in [2.24, 2.45) is 5.92 Å². The minimum atomic E-state index is -4.25. The van der Waals surface area contributed by atoms with E-state index >= 15 is 0 Å². The van der Waals surface area contributed by atoms with Crippen molar-refractivity contribution in [2.45, 2.75) is 23.3 Å². The summed E-state index contributed by atoms with van der Waals surface area (Å²) < 4.78 is 41.1. The number of nitrogens with one attached hydrogen (secondary N) is 3. The molecule has 0 aliphatic heterocycles. The maximum Gasteiger partial charge on any atom is 0.414 e. The number of halogens is 1. The molecule has 0 aliphatic rings. The topological polar surface area (TPSA) is 202 Å². The van der Waals surface area contributed by atoms with Crippen molar-refractivity contribution < 1.29 is 37.0 Å². The lowest BCUT2D eigenvalue weighted by Gasteiger charge is -2.13. The molecule has 1 unspecified atom stereocenters. The number of nitrogens with zero attached hydrogens (tertiary/aromatic N) is 4. The highest BCUT2D eigenvalue weighted by Gasteiger charge is 2.36. The molecule has 1 atom stereocenters. The third-order valence-electron chi connectivity index (χ3n) is 6.84. The van der Waals surface area contributed by atoms with Gasteiger partial charge in [0.2, 0.25) is 5.95 Å². The second-order valence-corrected chi connectivity index (χ2v) is 12.9. The predicted molar refractivity (Wildman–Crippen MR) is 177 cm³/mol. The number of hydrogen-bond donors (Lipinski definition) is 3. The van der Waals surface area contributed by atoms with Crippen LogP contribution in [0.2, 0.25) is 5.02 Å². The lowest BCUT2D eigenvalue weighted by atomic mass is 10.1. The Hall–Kier alpha value is -5.74. The first-order valence-corrected chi connectivity index (χ1v) is 16.6. The Bertz CT molecular complexity index is 2040. The maximum absolute atomic E-state index is 12.9. The summed E-state index contributed by atoms with van der Waals surface area (Å²) in [5.74, 6) is -1.10. The molecular formula is C32H30ClN7O8S. The molecule has 0 saturated carbocycles. The molecule has 3 aromatic carbocycles. The van der Waals surface area contributed by atoms with E-state index in [1.165, 1.54) is 30.5 Å². The van der Waals surface area contributed by atoms with Crippen LogP contribution in [-0.4, -0.2) is 55.7 Å². The van der Waals surface area contributed by atoms with Crippen LogP contribution in [0.3, 0.4) is 0 Å². The van der Waals surface area contributed by atoms with Gasteiger partial charge in [-0.25, -0.2) is 13.4 Å². The Morgan fingerprint density at radius 3 is 2.45 bits per heavy atom. The van der Waals surface area contributed by atoms with Crippen LogP contribution in [0, 0.1) is 11.1 Å². The number of aromatic nitrogens is 4. The van der Waals surface area contributed by atoms with Gasteiger partial charge in [-0.3, -0.25) is 14.2 Å². The molecule has 49 heavy (non-hydrogen) atoms. The number of hydrogen-bond acceptors (Lipinski definition) is 13. The van der Waals surface area contributed by atoms with E-state index in [0.29, 0.717) is 28.3 Å². The minimum Gasteiger partial charge on any atom is -0.465 e. The molecule has 0 fully saturated rings. The summed E-state index contributed by atoms with van der Waals surface area (Å²) >= 11 is 6.31. The maximum atomic E-state index is 12.9. The number of sulfone groups is 1. The Balaban J connectivity index is 1.12. The van der Waals surface area contributed by atoms with Crippen molar-refractivity contribution in [3.8, 4) is 5.88 Å². The second-order valence-electron chi connectivity index (χ2n) is 10.6. The van der Waals surface area contributed by atoms with Crippen molar-refractivity contribution >= 4 is 56.5 Å². The standard InChI is InChI=1S/C32H30ClN7O8S/c1-20(19-47-30-31(40(43)48-39-30)49(44,45)23-8-4-3-5-9-23)18-46-27(41)16-21-12-14-22(15-13-21)36-32-35-17-25(33)28(38-32)37-26-11-7-6-10-24(26)29(42)34-2/h3-15,17,20H,16,18-19H2,1-2H3,(H,34,42)(H2,35,36,37,38). The number of carbonyl (C=O) groups excluding carboxylic acids is 2. The van der Waals surface area contributed by atoms with Crippen LogP contribution in [0.5, 0.6) is 5.88 Å². The number of carbonyl (C=O) groups is 2. The Morgan fingerprint density at radius 1 is 1.00 bits per heavy atom. The Kier molecular flexibility index (Phi) is 10.9. The molecule has 5 aromatic rings. The van der Waals surface area contributed by atoms with Gasteiger partial charge < -0.3 is 30.6 Å². The van der Waals surface area contributed by atoms with Crippen LogP contribution in [0.1, 0.15) is 22.8 Å². The number of rotatable bonds is 14. The normalized spacial score (nSPS) is 11.7. The molecule has 2 heterocycles. The summed E-state index contributed by atoms with van der Waals surface area (Å²) in [5.41, 5.74) is 2.26. The lowest BCUT2D eigenvalue weighted by molar-refractivity contribution is -0.832. The highest BCUT2D eigenvalue weighted by molar-refractivity contribution is 7.91. The number of ether oxygens (including phenoxy) is 2. The number of para-hydroxylation sites is 1. The van der Waals surface area contributed by atoms with Gasteiger partial charge in [0.1, 0.15) is 5.02 Å². The van der Waals surface area contributed by atoms with E-state index in [1.54, 1.807) is 68.6 Å². The van der Waals surface area contributed by atoms with Gasteiger partial charge in [-0.1, -0.05) is 61.0 Å². The predicted octanol–water partition coefficient (Wildman–Crippen LogP) is 4.23. The van der Waals surface area contributed by atoms with Crippen molar-refractivity contribution in [3.63, 3.8) is 0 Å². The number of amides is 1. The molecule has 254 valence electrons. The van der Waals surface area contributed by atoms with E-state index in [1.807, 2.05) is 0 Å². The van der Waals surface area contributed by atoms with E-state index in [0.717, 1.165) is 0 Å². The fraction of sp³-hybridized carbons (Fsp3) is 0.188. The second kappa shape index (κ2) is 15.4. The van der Waals surface area contributed by atoms with Crippen molar-refractivity contribution in [1.29, 1.82) is 0 Å². The number of benzene rings is 3. The van der Waals surface area contributed by atoms with Gasteiger partial charge in [0, 0.05) is 18.7 Å².